The summed E-state index contributed by atoms with van der Waals surface area (Å²) in [4.78, 5) is 2.42. The summed E-state index contributed by atoms with van der Waals surface area (Å²) in [6.45, 7) is 9.96. The van der Waals surface area contributed by atoms with Gasteiger partial charge in [-0.3, -0.25) is 0 Å². The fourth-order valence-corrected chi connectivity index (χ4v) is 2.92. The molecule has 0 saturated heterocycles. The minimum Gasteiger partial charge on any atom is -0.508 e. The lowest BCUT2D eigenvalue weighted by Gasteiger charge is -2.43. The molecule has 1 N–H and O–H groups in total. The number of benzene rings is 1. The minimum absolute atomic E-state index is 0.0152. The van der Waals surface area contributed by atoms with Gasteiger partial charge in [-0.05, 0) is 44.4 Å². The van der Waals surface area contributed by atoms with Crippen LogP contribution in [0.25, 0.3) is 5.57 Å². The molecular weight excluding hydrogens is 234 g/mol. The SMILES string of the molecule is CCCCN1c2cc(O)ccc2C(CC)=CC1(C)C. The van der Waals surface area contributed by atoms with E-state index in [2.05, 4.69) is 38.7 Å². The van der Waals surface area contributed by atoms with Gasteiger partial charge in [-0.1, -0.05) is 26.3 Å². The number of hydrogen-bond donors (Lipinski definition) is 1. The molecule has 0 bridgehead atoms. The molecule has 0 unspecified atom stereocenters. The third-order valence-corrected chi connectivity index (χ3v) is 3.96. The van der Waals surface area contributed by atoms with E-state index in [0.717, 1.165) is 13.0 Å². The predicted molar refractivity (Wildman–Crippen MR) is 82.7 cm³/mol. The molecule has 19 heavy (non-hydrogen) atoms. The molecule has 0 radical (unpaired) electrons. The lowest BCUT2D eigenvalue weighted by molar-refractivity contribution is 0.473. The van der Waals surface area contributed by atoms with Gasteiger partial charge in [-0.2, -0.15) is 0 Å². The van der Waals surface area contributed by atoms with Crippen molar-refractivity contribution in [3.63, 3.8) is 0 Å². The first-order valence-corrected chi connectivity index (χ1v) is 7.32. The van der Waals surface area contributed by atoms with Gasteiger partial charge in [0.2, 0.25) is 0 Å². The van der Waals surface area contributed by atoms with Crippen molar-refractivity contribution in [2.75, 3.05) is 11.4 Å². The molecule has 0 amide bonds. The molecule has 0 atom stereocenters. The highest BCUT2D eigenvalue weighted by molar-refractivity contribution is 5.82. The molecule has 0 saturated carbocycles. The summed E-state index contributed by atoms with van der Waals surface area (Å²) in [5.41, 5.74) is 3.85. The second-order valence-corrected chi connectivity index (χ2v) is 5.88. The highest BCUT2D eigenvalue weighted by Crippen LogP contribution is 2.41. The number of phenolic OH excluding ortho intramolecular Hbond substituents is 1. The van der Waals surface area contributed by atoms with E-state index in [0.29, 0.717) is 5.75 Å². The number of unbranched alkanes of at least 4 members (excludes halogenated alkanes) is 1. The molecule has 1 aromatic rings. The number of allylic oxidation sites excluding steroid dienone is 1. The van der Waals surface area contributed by atoms with Crippen LogP contribution in [0.2, 0.25) is 0 Å². The monoisotopic (exact) mass is 259 g/mol. The van der Waals surface area contributed by atoms with E-state index in [1.165, 1.54) is 29.7 Å². The lowest BCUT2D eigenvalue weighted by atomic mass is 9.86. The van der Waals surface area contributed by atoms with Crippen LogP contribution in [0.3, 0.4) is 0 Å². The molecule has 2 rings (SSSR count). The standard InChI is InChI=1S/C17H25NO/c1-5-7-10-18-16-11-14(19)8-9-15(16)13(6-2)12-17(18,3)4/h8-9,11-12,19H,5-7,10H2,1-4H3. The van der Waals surface area contributed by atoms with Crippen LogP contribution in [0.5, 0.6) is 5.75 Å². The van der Waals surface area contributed by atoms with Gasteiger partial charge in [0, 0.05) is 23.9 Å². The Bertz CT molecular complexity index is 488. The normalized spacial score (nSPS) is 17.1. The Labute approximate surface area is 116 Å². The lowest BCUT2D eigenvalue weighted by Crippen LogP contribution is -2.45. The van der Waals surface area contributed by atoms with Crippen molar-refractivity contribution in [2.45, 2.75) is 52.5 Å². The van der Waals surface area contributed by atoms with Crippen LogP contribution < -0.4 is 4.90 Å². The summed E-state index contributed by atoms with van der Waals surface area (Å²) in [5, 5.41) is 9.81. The number of rotatable bonds is 4. The second kappa shape index (κ2) is 5.28. The van der Waals surface area contributed by atoms with E-state index in [-0.39, 0.29) is 5.54 Å². The largest absolute Gasteiger partial charge is 0.508 e. The molecule has 104 valence electrons. The van der Waals surface area contributed by atoms with E-state index in [1.54, 1.807) is 6.07 Å². The average Bonchev–Trinajstić information content (AvgIpc) is 2.36. The number of hydrogen-bond acceptors (Lipinski definition) is 2. The summed E-state index contributed by atoms with van der Waals surface area (Å²) < 4.78 is 0. The smallest absolute Gasteiger partial charge is 0.117 e. The van der Waals surface area contributed by atoms with Gasteiger partial charge in [0.05, 0.1) is 5.54 Å². The molecule has 0 aromatic heterocycles. The van der Waals surface area contributed by atoms with Crippen molar-refractivity contribution in [3.8, 4) is 5.75 Å². The average molecular weight is 259 g/mol. The number of nitrogens with zero attached hydrogens (tertiary/aromatic N) is 1. The second-order valence-electron chi connectivity index (χ2n) is 5.88. The zero-order valence-electron chi connectivity index (χ0n) is 12.5. The fraction of sp³-hybridized carbons (Fsp3) is 0.529. The topological polar surface area (TPSA) is 23.5 Å². The molecular formula is C17H25NO. The van der Waals surface area contributed by atoms with Crippen LogP contribution in [0, 0.1) is 0 Å². The van der Waals surface area contributed by atoms with Crippen LogP contribution >= 0.6 is 0 Å². The predicted octanol–water partition coefficient (Wildman–Crippen LogP) is 4.58. The zero-order valence-corrected chi connectivity index (χ0v) is 12.5. The molecule has 0 aliphatic carbocycles. The van der Waals surface area contributed by atoms with Gasteiger partial charge in [-0.15, -0.1) is 0 Å². The summed E-state index contributed by atoms with van der Waals surface area (Å²) in [6, 6.07) is 5.75. The molecule has 1 aliphatic rings. The van der Waals surface area contributed by atoms with E-state index in [1.807, 2.05) is 12.1 Å². The maximum atomic E-state index is 9.81. The van der Waals surface area contributed by atoms with Gasteiger partial charge in [0.1, 0.15) is 5.75 Å². The van der Waals surface area contributed by atoms with E-state index >= 15 is 0 Å². The Morgan fingerprint density at radius 2 is 1.95 bits per heavy atom. The summed E-state index contributed by atoms with van der Waals surface area (Å²) in [5.74, 6) is 0.355. The minimum atomic E-state index is 0.0152. The zero-order chi connectivity index (χ0) is 14.0. The summed E-state index contributed by atoms with van der Waals surface area (Å²) in [7, 11) is 0. The Morgan fingerprint density at radius 1 is 1.21 bits per heavy atom. The number of fused-ring (bicyclic) bond motifs is 1. The molecule has 1 heterocycles. The third kappa shape index (κ3) is 2.63. The van der Waals surface area contributed by atoms with Crippen LogP contribution in [0.15, 0.2) is 24.3 Å². The van der Waals surface area contributed by atoms with Crippen LogP contribution in [0.1, 0.15) is 52.5 Å². The molecule has 2 nitrogen and oxygen atoms in total. The first kappa shape index (κ1) is 14.0. The first-order valence-electron chi connectivity index (χ1n) is 7.32. The quantitative estimate of drug-likeness (QED) is 0.855. The van der Waals surface area contributed by atoms with Crippen molar-refractivity contribution in [2.24, 2.45) is 0 Å². The van der Waals surface area contributed by atoms with Crippen LogP contribution in [0.4, 0.5) is 5.69 Å². The number of anilines is 1. The van der Waals surface area contributed by atoms with Crippen molar-refractivity contribution in [1.82, 2.24) is 0 Å². The van der Waals surface area contributed by atoms with Crippen molar-refractivity contribution >= 4 is 11.3 Å². The van der Waals surface area contributed by atoms with Crippen molar-refractivity contribution < 1.29 is 5.11 Å². The maximum Gasteiger partial charge on any atom is 0.117 e. The Kier molecular flexibility index (Phi) is 3.88. The highest BCUT2D eigenvalue weighted by atomic mass is 16.3. The van der Waals surface area contributed by atoms with Crippen LogP contribution in [-0.4, -0.2) is 17.2 Å². The molecule has 1 aliphatic heterocycles. The Balaban J connectivity index is 2.51. The Morgan fingerprint density at radius 3 is 2.58 bits per heavy atom. The maximum absolute atomic E-state index is 9.81. The van der Waals surface area contributed by atoms with Crippen molar-refractivity contribution in [3.05, 3.63) is 29.8 Å². The molecule has 0 spiro atoms. The first-order chi connectivity index (χ1) is 8.99. The van der Waals surface area contributed by atoms with Gasteiger partial charge in [0.25, 0.3) is 0 Å². The molecule has 1 aromatic carbocycles. The van der Waals surface area contributed by atoms with E-state index in [4.69, 9.17) is 0 Å². The van der Waals surface area contributed by atoms with E-state index < -0.39 is 0 Å². The van der Waals surface area contributed by atoms with Gasteiger partial charge >= 0.3 is 0 Å². The number of aromatic hydroxyl groups is 1. The van der Waals surface area contributed by atoms with Crippen LogP contribution in [-0.2, 0) is 0 Å². The Hall–Kier alpha value is -1.44. The van der Waals surface area contributed by atoms with Crippen molar-refractivity contribution in [1.29, 1.82) is 0 Å². The van der Waals surface area contributed by atoms with Gasteiger partial charge < -0.3 is 10.0 Å². The summed E-state index contributed by atoms with van der Waals surface area (Å²) in [6.07, 6.45) is 5.77. The van der Waals surface area contributed by atoms with Gasteiger partial charge in [0.15, 0.2) is 0 Å². The fourth-order valence-electron chi connectivity index (χ4n) is 2.92. The highest BCUT2D eigenvalue weighted by Gasteiger charge is 2.31. The third-order valence-electron chi connectivity index (χ3n) is 3.96. The van der Waals surface area contributed by atoms with E-state index in [9.17, 15) is 5.11 Å². The number of phenols is 1. The molecule has 2 heteroatoms. The van der Waals surface area contributed by atoms with Gasteiger partial charge in [-0.25, -0.2) is 0 Å². The summed E-state index contributed by atoms with van der Waals surface area (Å²) >= 11 is 0. The molecule has 0 fully saturated rings.